The quantitative estimate of drug-likeness (QED) is 0.349. The Bertz CT molecular complexity index is 1500. The van der Waals surface area contributed by atoms with Crippen molar-refractivity contribution in [1.29, 1.82) is 0 Å². The Morgan fingerprint density at radius 3 is 2.26 bits per heavy atom. The third kappa shape index (κ3) is 6.11. The van der Waals surface area contributed by atoms with Crippen LogP contribution in [0.1, 0.15) is 48.5 Å². The number of aliphatic hydroxyl groups excluding tert-OH is 1. The van der Waals surface area contributed by atoms with Crippen molar-refractivity contribution in [1.82, 2.24) is 15.1 Å². The van der Waals surface area contributed by atoms with Crippen LogP contribution in [0.3, 0.4) is 0 Å². The SMILES string of the molecule is CC(CNC1(c2ccc(Cl)c(Cl)c2)CCCN(C(=O)c2ccccc2)C1)(N1CCC(O)CC1)S(=O)(=O)c1ccccc1. The average molecular weight is 631 g/mol. The zero-order valence-electron chi connectivity index (χ0n) is 23.7. The second-order valence-corrected chi connectivity index (χ2v) is 14.6. The van der Waals surface area contributed by atoms with Crippen molar-refractivity contribution >= 4 is 38.9 Å². The maximum absolute atomic E-state index is 14.4. The molecule has 2 saturated heterocycles. The fourth-order valence-corrected chi connectivity index (χ4v) is 8.28. The number of piperidine rings is 2. The van der Waals surface area contributed by atoms with Crippen molar-refractivity contribution < 1.29 is 18.3 Å². The Balaban J connectivity index is 1.54. The van der Waals surface area contributed by atoms with E-state index >= 15 is 0 Å². The van der Waals surface area contributed by atoms with Gasteiger partial charge in [0.05, 0.1) is 26.6 Å². The number of carbonyl (C=O) groups is 1. The Kier molecular flexibility index (Phi) is 9.33. The van der Waals surface area contributed by atoms with Crippen LogP contribution in [0.4, 0.5) is 0 Å². The van der Waals surface area contributed by atoms with E-state index in [0.717, 1.165) is 5.56 Å². The van der Waals surface area contributed by atoms with E-state index in [0.29, 0.717) is 67.5 Å². The van der Waals surface area contributed by atoms with Crippen LogP contribution in [0.25, 0.3) is 0 Å². The summed E-state index contributed by atoms with van der Waals surface area (Å²) in [5.41, 5.74) is 0.668. The highest BCUT2D eigenvalue weighted by Crippen LogP contribution is 2.38. The molecule has 3 aromatic carbocycles. The second kappa shape index (κ2) is 12.6. The smallest absolute Gasteiger partial charge is 0.253 e. The molecular formula is C32H37Cl2N3O4S. The van der Waals surface area contributed by atoms with Gasteiger partial charge in [0.2, 0.25) is 0 Å². The van der Waals surface area contributed by atoms with E-state index in [4.69, 9.17) is 23.2 Å². The molecule has 3 aromatic rings. The lowest BCUT2D eigenvalue weighted by Crippen LogP contribution is -2.64. The van der Waals surface area contributed by atoms with Gasteiger partial charge in [0.25, 0.3) is 5.91 Å². The number of hydrogen-bond donors (Lipinski definition) is 2. The molecule has 5 rings (SSSR count). The standard InChI is InChI=1S/C32H37Cl2N3O4S/c1-31(37-19-15-26(38)16-20-37,42(40,41)27-11-6-3-7-12-27)22-35-32(25-13-14-28(33)29(34)21-25)17-8-18-36(23-32)30(39)24-9-4-2-5-10-24/h2-7,9-14,21,26,35,38H,8,15-20,22-23H2,1H3. The van der Waals surface area contributed by atoms with Gasteiger partial charge in [-0.3, -0.25) is 9.69 Å². The molecule has 2 atom stereocenters. The number of likely N-dealkylation sites (tertiary alicyclic amines) is 2. The van der Waals surface area contributed by atoms with Crippen LogP contribution in [-0.2, 0) is 15.4 Å². The Hall–Kier alpha value is -2.46. The van der Waals surface area contributed by atoms with Crippen LogP contribution < -0.4 is 5.32 Å². The molecule has 42 heavy (non-hydrogen) atoms. The van der Waals surface area contributed by atoms with E-state index in [-0.39, 0.29) is 17.3 Å². The number of nitrogens with zero attached hydrogens (tertiary/aromatic N) is 2. The number of amides is 1. The van der Waals surface area contributed by atoms with Gasteiger partial charge in [0.15, 0.2) is 9.84 Å². The third-order valence-electron chi connectivity index (χ3n) is 8.79. The fourth-order valence-electron chi connectivity index (χ4n) is 6.17. The van der Waals surface area contributed by atoms with Crippen molar-refractivity contribution in [2.75, 3.05) is 32.7 Å². The predicted octanol–water partition coefficient (Wildman–Crippen LogP) is 5.36. The molecule has 0 spiro atoms. The molecule has 2 aliphatic rings. The van der Waals surface area contributed by atoms with Crippen LogP contribution in [0.2, 0.25) is 10.0 Å². The molecule has 0 bridgehead atoms. The van der Waals surface area contributed by atoms with E-state index in [2.05, 4.69) is 5.32 Å². The summed E-state index contributed by atoms with van der Waals surface area (Å²) < 4.78 is 28.7. The largest absolute Gasteiger partial charge is 0.393 e. The molecule has 2 aliphatic heterocycles. The molecule has 0 aliphatic carbocycles. The van der Waals surface area contributed by atoms with Gasteiger partial charge in [-0.25, -0.2) is 8.42 Å². The molecule has 2 fully saturated rings. The molecule has 0 aromatic heterocycles. The van der Waals surface area contributed by atoms with Crippen molar-refractivity contribution in [3.8, 4) is 0 Å². The van der Waals surface area contributed by atoms with Crippen LogP contribution in [-0.4, -0.2) is 72.9 Å². The first kappa shape index (κ1) is 31.0. The van der Waals surface area contributed by atoms with Gasteiger partial charge in [-0.15, -0.1) is 0 Å². The summed E-state index contributed by atoms with van der Waals surface area (Å²) in [5.74, 6) is -0.0776. The van der Waals surface area contributed by atoms with Crippen molar-refractivity contribution in [2.45, 2.75) is 54.0 Å². The molecule has 7 nitrogen and oxygen atoms in total. The van der Waals surface area contributed by atoms with Crippen molar-refractivity contribution in [2.24, 2.45) is 0 Å². The second-order valence-electron chi connectivity index (χ2n) is 11.5. The fraction of sp³-hybridized carbons (Fsp3) is 0.406. The zero-order chi connectivity index (χ0) is 30.0. The first-order valence-electron chi connectivity index (χ1n) is 14.3. The Morgan fingerprint density at radius 2 is 1.62 bits per heavy atom. The Morgan fingerprint density at radius 1 is 0.976 bits per heavy atom. The van der Waals surface area contributed by atoms with Gasteiger partial charge in [-0.05, 0) is 74.6 Å². The minimum Gasteiger partial charge on any atom is -0.393 e. The predicted molar refractivity (Wildman–Crippen MR) is 167 cm³/mol. The minimum absolute atomic E-state index is 0.0776. The van der Waals surface area contributed by atoms with Gasteiger partial charge in [0.1, 0.15) is 4.87 Å². The molecule has 0 saturated carbocycles. The lowest BCUT2D eigenvalue weighted by molar-refractivity contribution is 0.0416. The number of sulfone groups is 1. The number of rotatable bonds is 8. The first-order chi connectivity index (χ1) is 20.1. The zero-order valence-corrected chi connectivity index (χ0v) is 26.0. The van der Waals surface area contributed by atoms with Crippen LogP contribution >= 0.6 is 23.2 Å². The van der Waals surface area contributed by atoms with E-state index < -0.39 is 26.4 Å². The molecule has 2 unspecified atom stereocenters. The number of halogens is 2. The molecule has 224 valence electrons. The number of carbonyl (C=O) groups excluding carboxylic acids is 1. The maximum atomic E-state index is 14.4. The topological polar surface area (TPSA) is 89.9 Å². The summed E-state index contributed by atoms with van der Waals surface area (Å²) in [6.07, 6.45) is 1.93. The molecule has 2 heterocycles. The van der Waals surface area contributed by atoms with Crippen LogP contribution in [0, 0.1) is 0 Å². The minimum atomic E-state index is -3.86. The normalized spacial score (nSPS) is 22.0. The van der Waals surface area contributed by atoms with Gasteiger partial charge in [-0.2, -0.15) is 0 Å². The summed E-state index contributed by atoms with van der Waals surface area (Å²) in [5, 5.41) is 14.7. The number of nitrogens with one attached hydrogen (secondary N) is 1. The summed E-state index contributed by atoms with van der Waals surface area (Å²) in [7, 11) is -3.86. The summed E-state index contributed by atoms with van der Waals surface area (Å²) in [6.45, 7) is 3.67. The highest BCUT2D eigenvalue weighted by atomic mass is 35.5. The molecular weight excluding hydrogens is 593 g/mol. The molecule has 10 heteroatoms. The number of benzene rings is 3. The van der Waals surface area contributed by atoms with E-state index in [9.17, 15) is 18.3 Å². The van der Waals surface area contributed by atoms with E-state index in [1.54, 1.807) is 55.5 Å². The van der Waals surface area contributed by atoms with Gasteiger partial charge in [-0.1, -0.05) is 65.7 Å². The highest BCUT2D eigenvalue weighted by Gasteiger charge is 2.49. The van der Waals surface area contributed by atoms with Crippen molar-refractivity contribution in [3.05, 3.63) is 100 Å². The van der Waals surface area contributed by atoms with Gasteiger partial charge in [0, 0.05) is 38.3 Å². The monoisotopic (exact) mass is 629 g/mol. The lowest BCUT2D eigenvalue weighted by Gasteiger charge is -2.48. The molecule has 2 N–H and O–H groups in total. The Labute approximate surface area is 258 Å². The highest BCUT2D eigenvalue weighted by molar-refractivity contribution is 7.92. The molecule has 1 amide bonds. The van der Waals surface area contributed by atoms with Crippen LogP contribution in [0.5, 0.6) is 0 Å². The lowest BCUT2D eigenvalue weighted by atomic mass is 9.81. The number of hydrogen-bond acceptors (Lipinski definition) is 6. The molecule has 0 radical (unpaired) electrons. The van der Waals surface area contributed by atoms with E-state index in [1.807, 2.05) is 40.1 Å². The van der Waals surface area contributed by atoms with E-state index in [1.165, 1.54) is 0 Å². The average Bonchev–Trinajstić information content (AvgIpc) is 3.02. The number of aliphatic hydroxyl groups is 1. The summed E-state index contributed by atoms with van der Waals surface area (Å²) in [4.78, 5) is 16.3. The van der Waals surface area contributed by atoms with Crippen molar-refractivity contribution in [3.63, 3.8) is 0 Å². The summed E-state index contributed by atoms with van der Waals surface area (Å²) in [6, 6.07) is 23.1. The first-order valence-corrected chi connectivity index (χ1v) is 16.6. The van der Waals surface area contributed by atoms with Gasteiger partial charge >= 0.3 is 0 Å². The van der Waals surface area contributed by atoms with Crippen LogP contribution in [0.15, 0.2) is 83.8 Å². The third-order valence-corrected chi connectivity index (χ3v) is 12.0. The maximum Gasteiger partial charge on any atom is 0.253 e. The summed E-state index contributed by atoms with van der Waals surface area (Å²) >= 11 is 12.8. The van der Waals surface area contributed by atoms with Gasteiger partial charge < -0.3 is 15.3 Å².